The molecule has 0 aliphatic carbocycles. The summed E-state index contributed by atoms with van der Waals surface area (Å²) in [6.07, 6.45) is 0.416. The van der Waals surface area contributed by atoms with Crippen LogP contribution in [-0.2, 0) is 16.1 Å². The number of benzene rings is 2. The number of rotatable bonds is 8. The molecule has 28 heavy (non-hydrogen) atoms. The van der Waals surface area contributed by atoms with Crippen molar-refractivity contribution in [3.8, 4) is 5.75 Å². The molecule has 1 saturated heterocycles. The van der Waals surface area contributed by atoms with Crippen LogP contribution in [0.2, 0.25) is 0 Å². The summed E-state index contributed by atoms with van der Waals surface area (Å²) in [6.45, 7) is 2.37. The summed E-state index contributed by atoms with van der Waals surface area (Å²) in [5, 5.41) is 12.2. The summed E-state index contributed by atoms with van der Waals surface area (Å²) < 4.78 is 24.8. The van der Waals surface area contributed by atoms with Crippen molar-refractivity contribution in [3.05, 3.63) is 59.9 Å². The summed E-state index contributed by atoms with van der Waals surface area (Å²) in [4.78, 5) is 12.4. The first-order valence-corrected chi connectivity index (χ1v) is 10.0. The summed E-state index contributed by atoms with van der Waals surface area (Å²) in [6, 6.07) is 13.2. The van der Waals surface area contributed by atoms with Crippen LogP contribution >= 0.6 is 11.8 Å². The summed E-state index contributed by atoms with van der Waals surface area (Å²) >= 11 is 1.56. The van der Waals surface area contributed by atoms with Crippen LogP contribution in [0.1, 0.15) is 18.9 Å². The number of carboxylic acids is 1. The van der Waals surface area contributed by atoms with Gasteiger partial charge in [0.2, 0.25) is 0 Å². The molecule has 0 saturated carbocycles. The van der Waals surface area contributed by atoms with E-state index in [4.69, 9.17) is 9.47 Å². The SMILES string of the molecule is CNC(C(=O)O)[C@@H]1OC(Sc2cccc(OCc3ccc(F)cc3)c2)C[C@H]1C. The minimum Gasteiger partial charge on any atom is -0.489 e. The molecule has 1 aliphatic rings. The molecule has 2 aromatic carbocycles. The minimum absolute atomic E-state index is 0.109. The van der Waals surface area contributed by atoms with Gasteiger partial charge in [0.15, 0.2) is 0 Å². The first-order valence-electron chi connectivity index (χ1n) is 9.15. The number of carboxylic acid groups (broad SMARTS) is 1. The average Bonchev–Trinajstić information content (AvgIpc) is 3.02. The van der Waals surface area contributed by atoms with Crippen LogP contribution in [0.15, 0.2) is 53.4 Å². The van der Waals surface area contributed by atoms with Crippen molar-refractivity contribution in [2.45, 2.75) is 42.4 Å². The van der Waals surface area contributed by atoms with Crippen LogP contribution in [0, 0.1) is 11.7 Å². The van der Waals surface area contributed by atoms with E-state index in [1.165, 1.54) is 12.1 Å². The number of carbonyl (C=O) groups is 1. The lowest BCUT2D eigenvalue weighted by Crippen LogP contribution is -2.46. The third-order valence-corrected chi connectivity index (χ3v) is 5.82. The molecule has 2 unspecified atom stereocenters. The fourth-order valence-corrected chi connectivity index (χ4v) is 4.48. The Labute approximate surface area is 168 Å². The molecule has 5 nitrogen and oxygen atoms in total. The summed E-state index contributed by atoms with van der Waals surface area (Å²) in [5.74, 6) is -0.310. The Hall–Kier alpha value is -2.09. The molecule has 4 atom stereocenters. The van der Waals surface area contributed by atoms with E-state index in [9.17, 15) is 14.3 Å². The van der Waals surface area contributed by atoms with Gasteiger partial charge in [-0.05, 0) is 55.3 Å². The molecule has 2 N–H and O–H groups in total. The number of likely N-dealkylation sites (N-methyl/N-ethyl adjacent to an activating group) is 1. The number of halogens is 1. The highest BCUT2D eigenvalue weighted by Gasteiger charge is 2.40. The van der Waals surface area contributed by atoms with Crippen molar-refractivity contribution in [2.24, 2.45) is 5.92 Å². The van der Waals surface area contributed by atoms with Crippen molar-refractivity contribution in [1.82, 2.24) is 5.32 Å². The lowest BCUT2D eigenvalue weighted by Gasteiger charge is -2.22. The molecule has 0 amide bonds. The maximum atomic E-state index is 13.0. The van der Waals surface area contributed by atoms with Gasteiger partial charge in [0, 0.05) is 4.90 Å². The van der Waals surface area contributed by atoms with Crippen molar-refractivity contribution < 1.29 is 23.8 Å². The minimum atomic E-state index is -0.902. The third-order valence-electron chi connectivity index (χ3n) is 4.73. The van der Waals surface area contributed by atoms with Crippen LogP contribution in [-0.4, -0.2) is 35.7 Å². The van der Waals surface area contributed by atoms with Crippen LogP contribution in [0.3, 0.4) is 0 Å². The maximum absolute atomic E-state index is 13.0. The number of ether oxygens (including phenoxy) is 2. The topological polar surface area (TPSA) is 67.8 Å². The van der Waals surface area contributed by atoms with Gasteiger partial charge in [-0.15, -0.1) is 0 Å². The maximum Gasteiger partial charge on any atom is 0.323 e. The summed E-state index contributed by atoms with van der Waals surface area (Å²) in [5.41, 5.74) is 0.782. The number of nitrogens with one attached hydrogen (secondary N) is 1. The number of aliphatic carboxylic acids is 1. The van der Waals surface area contributed by atoms with Gasteiger partial charge < -0.3 is 19.9 Å². The predicted molar refractivity (Wildman–Crippen MR) is 106 cm³/mol. The van der Waals surface area contributed by atoms with E-state index >= 15 is 0 Å². The van der Waals surface area contributed by atoms with Gasteiger partial charge in [0.1, 0.15) is 29.7 Å². The average molecular weight is 405 g/mol. The molecule has 0 bridgehead atoms. The van der Waals surface area contributed by atoms with E-state index in [2.05, 4.69) is 5.32 Å². The molecule has 2 aromatic rings. The highest BCUT2D eigenvalue weighted by molar-refractivity contribution is 7.99. The zero-order valence-corrected chi connectivity index (χ0v) is 16.6. The van der Waals surface area contributed by atoms with Crippen LogP contribution in [0.5, 0.6) is 5.75 Å². The monoisotopic (exact) mass is 405 g/mol. The van der Waals surface area contributed by atoms with Crippen LogP contribution in [0.25, 0.3) is 0 Å². The van der Waals surface area contributed by atoms with Gasteiger partial charge in [0.05, 0.1) is 6.10 Å². The molecule has 7 heteroatoms. The zero-order valence-electron chi connectivity index (χ0n) is 15.8. The first-order chi connectivity index (χ1) is 13.5. The van der Waals surface area contributed by atoms with Gasteiger partial charge in [-0.1, -0.05) is 36.9 Å². The highest BCUT2D eigenvalue weighted by atomic mass is 32.2. The van der Waals surface area contributed by atoms with Gasteiger partial charge in [-0.2, -0.15) is 0 Å². The molecule has 0 radical (unpaired) electrons. The Morgan fingerprint density at radius 1 is 1.36 bits per heavy atom. The fourth-order valence-electron chi connectivity index (χ4n) is 3.25. The van der Waals surface area contributed by atoms with Gasteiger partial charge in [0.25, 0.3) is 0 Å². The Morgan fingerprint density at radius 2 is 2.11 bits per heavy atom. The zero-order chi connectivity index (χ0) is 20.1. The highest BCUT2D eigenvalue weighted by Crippen LogP contribution is 2.38. The lowest BCUT2D eigenvalue weighted by atomic mass is 9.98. The standard InChI is InChI=1S/C21H24FNO4S/c1-13-10-18(27-20(13)19(23-2)21(24)25)28-17-5-3-4-16(11-17)26-12-14-6-8-15(22)9-7-14/h3-9,11,13,18-20,23H,10,12H2,1-2H3,(H,24,25)/t13-,18?,19?,20-/m1/s1. The van der Waals surface area contributed by atoms with Crippen LogP contribution < -0.4 is 10.1 Å². The molecule has 150 valence electrons. The summed E-state index contributed by atoms with van der Waals surface area (Å²) in [7, 11) is 1.64. The largest absolute Gasteiger partial charge is 0.489 e. The van der Waals surface area contributed by atoms with Crippen molar-refractivity contribution in [1.29, 1.82) is 0 Å². The Morgan fingerprint density at radius 3 is 2.79 bits per heavy atom. The molecular weight excluding hydrogens is 381 g/mol. The van der Waals surface area contributed by atoms with Gasteiger partial charge in [-0.3, -0.25) is 4.79 Å². The Bertz CT molecular complexity index is 801. The molecule has 3 rings (SSSR count). The fraction of sp³-hybridized carbons (Fsp3) is 0.381. The molecular formula is C21H24FNO4S. The van der Waals surface area contributed by atoms with E-state index in [1.54, 1.807) is 30.9 Å². The van der Waals surface area contributed by atoms with Crippen molar-refractivity contribution in [2.75, 3.05) is 7.05 Å². The van der Waals surface area contributed by atoms with Crippen LogP contribution in [0.4, 0.5) is 4.39 Å². The molecule has 0 spiro atoms. The molecule has 1 aliphatic heterocycles. The second-order valence-corrected chi connectivity index (χ2v) is 8.09. The first kappa shape index (κ1) is 20.6. The third kappa shape index (κ3) is 5.25. The molecule has 1 heterocycles. The second-order valence-electron chi connectivity index (χ2n) is 6.86. The van der Waals surface area contributed by atoms with E-state index in [0.717, 1.165) is 22.6 Å². The molecule has 0 aromatic heterocycles. The number of hydrogen-bond acceptors (Lipinski definition) is 5. The smallest absolute Gasteiger partial charge is 0.323 e. The van der Waals surface area contributed by atoms with Crippen molar-refractivity contribution in [3.63, 3.8) is 0 Å². The second kappa shape index (κ2) is 9.41. The Balaban J connectivity index is 1.58. The van der Waals surface area contributed by atoms with E-state index in [-0.39, 0.29) is 23.3 Å². The predicted octanol–water partition coefficient (Wildman–Crippen LogP) is 3.92. The molecule has 1 fully saturated rings. The van der Waals surface area contributed by atoms with Gasteiger partial charge in [-0.25, -0.2) is 4.39 Å². The number of thioether (sulfide) groups is 1. The Kier molecular flexibility index (Phi) is 6.93. The number of hydrogen-bond donors (Lipinski definition) is 2. The van der Waals surface area contributed by atoms with Crippen molar-refractivity contribution >= 4 is 17.7 Å². The van der Waals surface area contributed by atoms with E-state index < -0.39 is 12.0 Å². The lowest BCUT2D eigenvalue weighted by molar-refractivity contribution is -0.143. The normalized spacial score (nSPS) is 22.8. The quantitative estimate of drug-likeness (QED) is 0.694. The van der Waals surface area contributed by atoms with E-state index in [1.807, 2.05) is 31.2 Å². The van der Waals surface area contributed by atoms with Gasteiger partial charge >= 0.3 is 5.97 Å². The van der Waals surface area contributed by atoms with E-state index in [0.29, 0.717) is 6.61 Å².